The molecule has 1 fully saturated rings. The average Bonchev–Trinajstić information content (AvgIpc) is 2.27. The fourth-order valence-electron chi connectivity index (χ4n) is 2.13. The van der Waals surface area contributed by atoms with Gasteiger partial charge in [0.15, 0.2) is 0 Å². The normalized spacial score (nSPS) is 18.3. The van der Waals surface area contributed by atoms with E-state index in [1.54, 1.807) is 0 Å². The highest BCUT2D eigenvalue weighted by Crippen LogP contribution is 2.20. The summed E-state index contributed by atoms with van der Waals surface area (Å²) in [6.45, 7) is 1.36. The molecule has 0 unspecified atom stereocenters. The van der Waals surface area contributed by atoms with Crippen molar-refractivity contribution in [3.8, 4) is 0 Å². The number of hydrogen-bond acceptors (Lipinski definition) is 3. The number of para-hydroxylation sites is 1. The minimum atomic E-state index is -0.565. The molecule has 1 aliphatic rings. The molecular formula is C13H14N2O. The van der Waals surface area contributed by atoms with Gasteiger partial charge in [0, 0.05) is 31.1 Å². The summed E-state index contributed by atoms with van der Waals surface area (Å²) in [7, 11) is 0. The lowest BCUT2D eigenvalue weighted by molar-refractivity contribution is -0.00905. The molecule has 2 heterocycles. The van der Waals surface area contributed by atoms with Crippen LogP contribution in [0.25, 0.3) is 10.9 Å². The summed E-state index contributed by atoms with van der Waals surface area (Å²) in [4.78, 5) is 4.39. The second kappa shape index (κ2) is 3.54. The first-order chi connectivity index (χ1) is 7.75. The summed E-state index contributed by atoms with van der Waals surface area (Å²) in [5.74, 6) is 0. The van der Waals surface area contributed by atoms with Crippen LogP contribution in [0.15, 0.2) is 36.5 Å². The number of rotatable bonds is 2. The van der Waals surface area contributed by atoms with Gasteiger partial charge in [-0.1, -0.05) is 18.2 Å². The third kappa shape index (κ3) is 1.68. The van der Waals surface area contributed by atoms with Crippen molar-refractivity contribution in [1.82, 2.24) is 10.3 Å². The van der Waals surface area contributed by atoms with E-state index in [9.17, 15) is 5.11 Å². The van der Waals surface area contributed by atoms with Gasteiger partial charge >= 0.3 is 0 Å². The molecule has 82 valence electrons. The van der Waals surface area contributed by atoms with E-state index in [4.69, 9.17) is 0 Å². The van der Waals surface area contributed by atoms with Gasteiger partial charge < -0.3 is 10.4 Å². The van der Waals surface area contributed by atoms with Crippen LogP contribution in [0.2, 0.25) is 0 Å². The maximum absolute atomic E-state index is 10.0. The standard InChI is InChI=1S/C13H14N2O/c16-13(8-14-9-13)6-10-5-11-3-1-2-4-12(11)15-7-10/h1-5,7,14,16H,6,8-9H2. The van der Waals surface area contributed by atoms with Gasteiger partial charge in [-0.05, 0) is 17.7 Å². The molecule has 2 aromatic rings. The first-order valence-electron chi connectivity index (χ1n) is 5.52. The predicted molar refractivity (Wildman–Crippen MR) is 63.3 cm³/mol. The Hall–Kier alpha value is -1.45. The summed E-state index contributed by atoms with van der Waals surface area (Å²) < 4.78 is 0. The second-order valence-electron chi connectivity index (χ2n) is 4.54. The van der Waals surface area contributed by atoms with Crippen LogP contribution in [0.1, 0.15) is 5.56 Å². The third-order valence-corrected chi connectivity index (χ3v) is 3.09. The topological polar surface area (TPSA) is 45.2 Å². The molecule has 0 amide bonds. The van der Waals surface area contributed by atoms with Gasteiger partial charge in [-0.3, -0.25) is 4.98 Å². The highest BCUT2D eigenvalue weighted by atomic mass is 16.3. The number of aromatic nitrogens is 1. The van der Waals surface area contributed by atoms with Crippen molar-refractivity contribution in [3.63, 3.8) is 0 Å². The van der Waals surface area contributed by atoms with Crippen LogP contribution in [0, 0.1) is 0 Å². The quantitative estimate of drug-likeness (QED) is 0.787. The van der Waals surface area contributed by atoms with Gasteiger partial charge in [-0.25, -0.2) is 0 Å². The summed E-state index contributed by atoms with van der Waals surface area (Å²) in [5, 5.41) is 14.3. The van der Waals surface area contributed by atoms with Crippen molar-refractivity contribution in [2.45, 2.75) is 12.0 Å². The first-order valence-corrected chi connectivity index (χ1v) is 5.52. The number of benzene rings is 1. The Morgan fingerprint density at radius 2 is 2.12 bits per heavy atom. The fourth-order valence-corrected chi connectivity index (χ4v) is 2.13. The maximum atomic E-state index is 10.0. The second-order valence-corrected chi connectivity index (χ2v) is 4.54. The monoisotopic (exact) mass is 214 g/mol. The summed E-state index contributed by atoms with van der Waals surface area (Å²) >= 11 is 0. The number of pyridine rings is 1. The number of hydrogen-bond donors (Lipinski definition) is 2. The molecule has 0 spiro atoms. The van der Waals surface area contributed by atoms with Gasteiger partial charge in [0.2, 0.25) is 0 Å². The number of aliphatic hydroxyl groups is 1. The van der Waals surface area contributed by atoms with Gasteiger partial charge in [0.25, 0.3) is 0 Å². The smallest absolute Gasteiger partial charge is 0.0935 e. The molecule has 1 saturated heterocycles. The van der Waals surface area contributed by atoms with Crippen molar-refractivity contribution < 1.29 is 5.11 Å². The van der Waals surface area contributed by atoms with Gasteiger partial charge in [0.05, 0.1) is 11.1 Å². The zero-order chi connectivity index (χ0) is 11.0. The molecule has 1 aliphatic heterocycles. The molecule has 16 heavy (non-hydrogen) atoms. The molecule has 2 N–H and O–H groups in total. The lowest BCUT2D eigenvalue weighted by Crippen LogP contribution is -2.60. The van der Waals surface area contributed by atoms with Crippen molar-refractivity contribution in [3.05, 3.63) is 42.1 Å². The lowest BCUT2D eigenvalue weighted by atomic mass is 9.89. The van der Waals surface area contributed by atoms with Crippen molar-refractivity contribution >= 4 is 10.9 Å². The van der Waals surface area contributed by atoms with Gasteiger partial charge in [-0.2, -0.15) is 0 Å². The van der Waals surface area contributed by atoms with E-state index in [2.05, 4.69) is 22.4 Å². The van der Waals surface area contributed by atoms with E-state index in [0.717, 1.165) is 16.5 Å². The first kappa shape index (κ1) is 9.75. The Labute approximate surface area is 94.1 Å². The molecular weight excluding hydrogens is 200 g/mol. The molecule has 3 nitrogen and oxygen atoms in total. The highest BCUT2D eigenvalue weighted by molar-refractivity contribution is 5.78. The molecule has 1 aromatic heterocycles. The SMILES string of the molecule is OC1(Cc2cnc3ccccc3c2)CNC1. The minimum absolute atomic E-state index is 0.565. The summed E-state index contributed by atoms with van der Waals surface area (Å²) in [6.07, 6.45) is 2.54. The fraction of sp³-hybridized carbons (Fsp3) is 0.308. The van der Waals surface area contributed by atoms with E-state index in [1.807, 2.05) is 24.4 Å². The molecule has 0 saturated carbocycles. The molecule has 3 rings (SSSR count). The van der Waals surface area contributed by atoms with Crippen LogP contribution in [0.5, 0.6) is 0 Å². The molecule has 0 bridgehead atoms. The molecule has 0 radical (unpaired) electrons. The molecule has 3 heteroatoms. The zero-order valence-electron chi connectivity index (χ0n) is 8.98. The van der Waals surface area contributed by atoms with Crippen LogP contribution < -0.4 is 5.32 Å². The Morgan fingerprint density at radius 1 is 1.31 bits per heavy atom. The molecule has 0 aliphatic carbocycles. The zero-order valence-corrected chi connectivity index (χ0v) is 8.98. The predicted octanol–water partition coefficient (Wildman–Crippen LogP) is 1.11. The summed E-state index contributed by atoms with van der Waals surface area (Å²) in [6, 6.07) is 10.2. The van der Waals surface area contributed by atoms with E-state index < -0.39 is 5.60 Å². The Kier molecular flexibility index (Phi) is 2.16. The number of nitrogens with one attached hydrogen (secondary N) is 1. The van der Waals surface area contributed by atoms with Crippen LogP contribution >= 0.6 is 0 Å². The van der Waals surface area contributed by atoms with Crippen molar-refractivity contribution in [1.29, 1.82) is 0 Å². The average molecular weight is 214 g/mol. The highest BCUT2D eigenvalue weighted by Gasteiger charge is 2.34. The largest absolute Gasteiger partial charge is 0.387 e. The maximum Gasteiger partial charge on any atom is 0.0935 e. The number of fused-ring (bicyclic) bond motifs is 1. The number of β-amino-alcohol motifs (C(OH)–C–C–N with tert-alkyl or cyclic N) is 1. The van der Waals surface area contributed by atoms with Crippen LogP contribution in [0.4, 0.5) is 0 Å². The van der Waals surface area contributed by atoms with E-state index >= 15 is 0 Å². The van der Waals surface area contributed by atoms with E-state index in [-0.39, 0.29) is 0 Å². The van der Waals surface area contributed by atoms with E-state index in [1.165, 1.54) is 0 Å². The van der Waals surface area contributed by atoms with Crippen LogP contribution in [-0.4, -0.2) is 28.8 Å². The van der Waals surface area contributed by atoms with Crippen molar-refractivity contribution in [2.24, 2.45) is 0 Å². The Bertz CT molecular complexity index is 520. The van der Waals surface area contributed by atoms with Gasteiger partial charge in [-0.15, -0.1) is 0 Å². The van der Waals surface area contributed by atoms with Crippen LogP contribution in [0.3, 0.4) is 0 Å². The third-order valence-electron chi connectivity index (χ3n) is 3.09. The Morgan fingerprint density at radius 3 is 2.88 bits per heavy atom. The van der Waals surface area contributed by atoms with Crippen LogP contribution in [-0.2, 0) is 6.42 Å². The minimum Gasteiger partial charge on any atom is -0.387 e. The lowest BCUT2D eigenvalue weighted by Gasteiger charge is -2.37. The number of nitrogens with zero attached hydrogens (tertiary/aromatic N) is 1. The Balaban J connectivity index is 1.93. The van der Waals surface area contributed by atoms with Crippen molar-refractivity contribution in [2.75, 3.05) is 13.1 Å². The van der Waals surface area contributed by atoms with E-state index in [0.29, 0.717) is 19.5 Å². The molecule has 0 atom stereocenters. The van der Waals surface area contributed by atoms with Gasteiger partial charge in [0.1, 0.15) is 0 Å². The summed E-state index contributed by atoms with van der Waals surface area (Å²) in [5.41, 5.74) is 1.54. The molecule has 1 aromatic carbocycles.